The van der Waals surface area contributed by atoms with Crippen LogP contribution in [0.15, 0.2) is 42.5 Å². The van der Waals surface area contributed by atoms with E-state index in [-0.39, 0.29) is 25.3 Å². The molecule has 2 aromatic rings. The Labute approximate surface area is 150 Å². The first-order valence-electron chi connectivity index (χ1n) is 8.07. The number of hydrogen-bond acceptors (Lipinski definition) is 6. The molecule has 1 atom stereocenters. The van der Waals surface area contributed by atoms with Gasteiger partial charge in [-0.2, -0.15) is 0 Å². The van der Waals surface area contributed by atoms with Crippen molar-refractivity contribution in [2.75, 3.05) is 20.5 Å². The van der Waals surface area contributed by atoms with Gasteiger partial charge in [0.1, 0.15) is 5.75 Å². The molecular formula is C19H19NO6. The summed E-state index contributed by atoms with van der Waals surface area (Å²) in [6, 6.07) is 11.7. The molecule has 7 heteroatoms. The minimum Gasteiger partial charge on any atom is -0.484 e. The van der Waals surface area contributed by atoms with Crippen molar-refractivity contribution in [3.63, 3.8) is 0 Å². The van der Waals surface area contributed by atoms with Crippen LogP contribution in [0.1, 0.15) is 28.9 Å². The first kappa shape index (κ1) is 17.6. The highest BCUT2D eigenvalue weighted by Gasteiger charge is 2.17. The number of amides is 1. The van der Waals surface area contributed by atoms with Crippen molar-refractivity contribution < 1.29 is 28.5 Å². The molecule has 1 aliphatic heterocycles. The first-order chi connectivity index (χ1) is 12.6. The van der Waals surface area contributed by atoms with E-state index in [2.05, 4.69) is 10.1 Å². The molecule has 1 N–H and O–H groups in total. The van der Waals surface area contributed by atoms with Gasteiger partial charge in [0.05, 0.1) is 18.7 Å². The minimum atomic E-state index is -0.424. The zero-order chi connectivity index (χ0) is 18.5. The van der Waals surface area contributed by atoms with Crippen LogP contribution in [0.3, 0.4) is 0 Å². The van der Waals surface area contributed by atoms with E-state index < -0.39 is 5.97 Å². The van der Waals surface area contributed by atoms with Crippen molar-refractivity contribution in [2.45, 2.75) is 13.0 Å². The van der Waals surface area contributed by atoms with Crippen LogP contribution in [0.5, 0.6) is 17.2 Å². The lowest BCUT2D eigenvalue weighted by Gasteiger charge is -2.15. The van der Waals surface area contributed by atoms with Crippen molar-refractivity contribution in [1.29, 1.82) is 0 Å². The quantitative estimate of drug-likeness (QED) is 0.800. The lowest BCUT2D eigenvalue weighted by Crippen LogP contribution is -2.31. The summed E-state index contributed by atoms with van der Waals surface area (Å²) in [5, 5.41) is 2.86. The number of methoxy groups -OCH3 is 1. The predicted octanol–water partition coefficient (Wildman–Crippen LogP) is 2.46. The fraction of sp³-hybridized carbons (Fsp3) is 0.263. The fourth-order valence-corrected chi connectivity index (χ4v) is 2.50. The molecule has 0 fully saturated rings. The number of ether oxygens (including phenoxy) is 4. The Morgan fingerprint density at radius 1 is 1.12 bits per heavy atom. The molecule has 26 heavy (non-hydrogen) atoms. The molecule has 0 bridgehead atoms. The number of carbonyl (C=O) groups excluding carboxylic acids is 2. The Hall–Kier alpha value is -3.22. The minimum absolute atomic E-state index is 0.132. The second-order valence-corrected chi connectivity index (χ2v) is 5.71. The largest absolute Gasteiger partial charge is 0.484 e. The van der Waals surface area contributed by atoms with Crippen molar-refractivity contribution in [1.82, 2.24) is 5.32 Å². The highest BCUT2D eigenvalue weighted by molar-refractivity contribution is 5.89. The van der Waals surface area contributed by atoms with Crippen LogP contribution in [0.25, 0.3) is 0 Å². The Bertz CT molecular complexity index is 802. The molecule has 1 aliphatic rings. The second-order valence-electron chi connectivity index (χ2n) is 5.71. The third kappa shape index (κ3) is 4.05. The molecule has 0 saturated heterocycles. The lowest BCUT2D eigenvalue weighted by molar-refractivity contribution is -0.123. The molecule has 1 amide bonds. The van der Waals surface area contributed by atoms with Gasteiger partial charge >= 0.3 is 5.97 Å². The van der Waals surface area contributed by atoms with E-state index in [1.165, 1.54) is 7.11 Å². The van der Waals surface area contributed by atoms with Gasteiger partial charge in [-0.3, -0.25) is 4.79 Å². The van der Waals surface area contributed by atoms with Gasteiger partial charge in [-0.15, -0.1) is 0 Å². The van der Waals surface area contributed by atoms with Crippen LogP contribution in [0, 0.1) is 0 Å². The highest BCUT2D eigenvalue weighted by atomic mass is 16.7. The molecule has 1 heterocycles. The van der Waals surface area contributed by atoms with Crippen LogP contribution in [0.4, 0.5) is 0 Å². The summed E-state index contributed by atoms with van der Waals surface area (Å²) in [5.41, 5.74) is 1.32. The van der Waals surface area contributed by atoms with Crippen LogP contribution < -0.4 is 19.5 Å². The van der Waals surface area contributed by atoms with E-state index in [0.717, 1.165) is 5.56 Å². The van der Waals surface area contributed by atoms with E-state index in [9.17, 15) is 9.59 Å². The van der Waals surface area contributed by atoms with Gasteiger partial charge in [-0.05, 0) is 48.9 Å². The highest BCUT2D eigenvalue weighted by Crippen LogP contribution is 2.34. The predicted molar refractivity (Wildman–Crippen MR) is 92.4 cm³/mol. The summed E-state index contributed by atoms with van der Waals surface area (Å²) in [4.78, 5) is 23.5. The summed E-state index contributed by atoms with van der Waals surface area (Å²) in [6.07, 6.45) is 0. The second kappa shape index (κ2) is 7.77. The fourth-order valence-electron chi connectivity index (χ4n) is 2.50. The Morgan fingerprint density at radius 2 is 1.85 bits per heavy atom. The third-order valence-corrected chi connectivity index (χ3v) is 3.92. The van der Waals surface area contributed by atoms with Gasteiger partial charge in [0.25, 0.3) is 5.91 Å². The molecule has 136 valence electrons. The Kier molecular flexibility index (Phi) is 5.26. The normalized spacial score (nSPS) is 13.0. The van der Waals surface area contributed by atoms with Gasteiger partial charge in [0, 0.05) is 0 Å². The summed E-state index contributed by atoms with van der Waals surface area (Å²) in [7, 11) is 1.32. The molecule has 0 radical (unpaired) electrons. The van der Waals surface area contributed by atoms with Crippen LogP contribution in [-0.4, -0.2) is 32.4 Å². The molecule has 0 aliphatic carbocycles. The zero-order valence-electron chi connectivity index (χ0n) is 14.5. The van der Waals surface area contributed by atoms with Gasteiger partial charge in [-0.1, -0.05) is 6.07 Å². The molecule has 0 spiro atoms. The van der Waals surface area contributed by atoms with E-state index in [4.69, 9.17) is 14.2 Å². The van der Waals surface area contributed by atoms with Crippen molar-refractivity contribution in [3.8, 4) is 17.2 Å². The van der Waals surface area contributed by atoms with Crippen molar-refractivity contribution >= 4 is 11.9 Å². The molecule has 0 saturated carbocycles. The maximum atomic E-state index is 12.1. The van der Waals surface area contributed by atoms with Crippen molar-refractivity contribution in [3.05, 3.63) is 53.6 Å². The number of fused-ring (bicyclic) bond motifs is 1. The number of benzene rings is 2. The molecule has 0 aromatic heterocycles. The average molecular weight is 357 g/mol. The SMILES string of the molecule is COC(=O)c1ccc(OCC(=O)N[C@H](C)c2ccc3c(c2)OCO3)cc1. The first-order valence-corrected chi connectivity index (χ1v) is 8.07. The van der Waals surface area contributed by atoms with Gasteiger partial charge in [0.2, 0.25) is 6.79 Å². The Balaban J connectivity index is 1.51. The number of rotatable bonds is 6. The number of hydrogen-bond donors (Lipinski definition) is 1. The van der Waals surface area contributed by atoms with Gasteiger partial charge in [0.15, 0.2) is 18.1 Å². The molecular weight excluding hydrogens is 338 g/mol. The van der Waals surface area contributed by atoms with E-state index in [1.54, 1.807) is 24.3 Å². The number of carbonyl (C=O) groups is 2. The molecule has 3 rings (SSSR count). The number of esters is 1. The number of nitrogens with one attached hydrogen (secondary N) is 1. The van der Waals surface area contributed by atoms with Gasteiger partial charge in [-0.25, -0.2) is 4.79 Å². The standard InChI is InChI=1S/C19H19NO6/c1-12(14-5-8-16-17(9-14)26-11-25-16)20-18(21)10-24-15-6-3-13(4-7-15)19(22)23-2/h3-9,12H,10-11H2,1-2H3,(H,20,21)/t12-/m1/s1. The van der Waals surface area contributed by atoms with Crippen LogP contribution in [0.2, 0.25) is 0 Å². The topological polar surface area (TPSA) is 83.1 Å². The van der Waals surface area contributed by atoms with Crippen LogP contribution in [-0.2, 0) is 9.53 Å². The van der Waals surface area contributed by atoms with Gasteiger partial charge < -0.3 is 24.3 Å². The van der Waals surface area contributed by atoms with E-state index in [0.29, 0.717) is 22.8 Å². The smallest absolute Gasteiger partial charge is 0.337 e. The molecule has 0 unspecified atom stereocenters. The van der Waals surface area contributed by atoms with E-state index >= 15 is 0 Å². The van der Waals surface area contributed by atoms with E-state index in [1.807, 2.05) is 25.1 Å². The lowest BCUT2D eigenvalue weighted by atomic mass is 10.1. The summed E-state index contributed by atoms with van der Waals surface area (Å²) in [6.45, 7) is 1.95. The summed E-state index contributed by atoms with van der Waals surface area (Å²) in [5.74, 6) is 1.18. The zero-order valence-corrected chi connectivity index (χ0v) is 14.5. The molecule has 7 nitrogen and oxygen atoms in total. The van der Waals surface area contributed by atoms with Crippen LogP contribution >= 0.6 is 0 Å². The monoisotopic (exact) mass is 357 g/mol. The molecule has 2 aromatic carbocycles. The maximum absolute atomic E-state index is 12.1. The average Bonchev–Trinajstić information content (AvgIpc) is 3.14. The summed E-state index contributed by atoms with van der Waals surface area (Å²) >= 11 is 0. The Morgan fingerprint density at radius 3 is 2.58 bits per heavy atom. The maximum Gasteiger partial charge on any atom is 0.337 e. The summed E-state index contributed by atoms with van der Waals surface area (Å²) < 4.78 is 20.7. The third-order valence-electron chi connectivity index (χ3n) is 3.92. The van der Waals surface area contributed by atoms with Crippen molar-refractivity contribution in [2.24, 2.45) is 0 Å².